The van der Waals surface area contributed by atoms with Crippen molar-refractivity contribution in [2.24, 2.45) is 0 Å². The van der Waals surface area contributed by atoms with Gasteiger partial charge in [0.25, 0.3) is 0 Å². The average Bonchev–Trinajstić information content (AvgIpc) is 3.11. The fourth-order valence-corrected chi connectivity index (χ4v) is 5.81. The number of fused-ring (bicyclic) bond motifs is 1. The van der Waals surface area contributed by atoms with Crippen LogP contribution in [0.4, 0.5) is 5.69 Å². The fraction of sp³-hybridized carbons (Fsp3) is 0.364. The molecule has 166 valence electrons. The number of aromatic nitrogens is 2. The molecule has 9 heteroatoms. The zero-order valence-electron chi connectivity index (χ0n) is 18.4. The van der Waals surface area contributed by atoms with Crippen molar-refractivity contribution >= 4 is 44.4 Å². The first kappa shape index (κ1) is 23.3. The van der Waals surface area contributed by atoms with Crippen molar-refractivity contribution in [2.75, 3.05) is 18.4 Å². The number of nitrogens with one attached hydrogen (secondary N) is 2. The number of hydrogen-bond donors (Lipinski definition) is 2. The van der Waals surface area contributed by atoms with E-state index in [2.05, 4.69) is 15.3 Å². The fourth-order valence-electron chi connectivity index (χ4n) is 3.28. The zero-order valence-corrected chi connectivity index (χ0v) is 20.0. The Morgan fingerprint density at radius 2 is 1.87 bits per heavy atom. The van der Waals surface area contributed by atoms with Gasteiger partial charge in [0.15, 0.2) is 5.16 Å². The van der Waals surface area contributed by atoms with Gasteiger partial charge in [0, 0.05) is 18.8 Å². The number of carbonyl (C=O) groups excluding carboxylic acids is 1. The second-order valence-electron chi connectivity index (χ2n) is 7.38. The van der Waals surface area contributed by atoms with Crippen LogP contribution in [-0.2, 0) is 14.8 Å². The van der Waals surface area contributed by atoms with Gasteiger partial charge in [-0.15, -0.1) is 0 Å². The predicted octanol–water partition coefficient (Wildman–Crippen LogP) is 4.33. The Balaban J connectivity index is 1.76. The van der Waals surface area contributed by atoms with Crippen LogP contribution in [0.25, 0.3) is 11.0 Å². The van der Waals surface area contributed by atoms with Gasteiger partial charge in [-0.2, -0.15) is 4.31 Å². The maximum atomic E-state index is 12.9. The number of imidazole rings is 1. The normalized spacial score (nSPS) is 13.0. The average molecular weight is 461 g/mol. The summed E-state index contributed by atoms with van der Waals surface area (Å²) in [5.74, 6) is -0.225. The van der Waals surface area contributed by atoms with Crippen LogP contribution in [0, 0.1) is 13.8 Å². The molecule has 0 saturated heterocycles. The summed E-state index contributed by atoms with van der Waals surface area (Å²) in [5, 5.41) is 3.07. The lowest BCUT2D eigenvalue weighted by Crippen LogP contribution is -2.31. The summed E-state index contributed by atoms with van der Waals surface area (Å²) in [6.07, 6.45) is 0. The predicted molar refractivity (Wildman–Crippen MR) is 126 cm³/mol. The van der Waals surface area contributed by atoms with Crippen molar-refractivity contribution in [3.8, 4) is 0 Å². The van der Waals surface area contributed by atoms with E-state index in [4.69, 9.17) is 0 Å². The molecule has 0 aliphatic carbocycles. The summed E-state index contributed by atoms with van der Waals surface area (Å²) in [7, 11) is -3.62. The van der Waals surface area contributed by atoms with Crippen LogP contribution in [0.3, 0.4) is 0 Å². The Morgan fingerprint density at radius 3 is 2.55 bits per heavy atom. The third-order valence-electron chi connectivity index (χ3n) is 5.05. The van der Waals surface area contributed by atoms with E-state index < -0.39 is 15.3 Å². The largest absolute Gasteiger partial charge is 0.333 e. The van der Waals surface area contributed by atoms with E-state index >= 15 is 0 Å². The van der Waals surface area contributed by atoms with Crippen molar-refractivity contribution in [1.82, 2.24) is 14.3 Å². The molecule has 0 aliphatic heterocycles. The number of rotatable bonds is 8. The van der Waals surface area contributed by atoms with Gasteiger partial charge in [-0.1, -0.05) is 37.7 Å². The van der Waals surface area contributed by atoms with Crippen molar-refractivity contribution in [1.29, 1.82) is 0 Å². The number of sulfonamides is 1. The standard InChI is InChI=1S/C22H28N4O3S2/c1-6-26(7-2)31(28,29)20-13-17(10-9-15(20)4)23-21(27)16(5)30-22-24-18-11-8-14(3)12-19(18)25-22/h8-13,16H,6-7H2,1-5H3,(H,23,27)(H,24,25)/t16-/m0/s1. The minimum absolute atomic E-state index is 0.210. The van der Waals surface area contributed by atoms with E-state index in [9.17, 15) is 13.2 Å². The van der Waals surface area contributed by atoms with Crippen molar-refractivity contribution < 1.29 is 13.2 Å². The number of aromatic amines is 1. The highest BCUT2D eigenvalue weighted by molar-refractivity contribution is 8.00. The van der Waals surface area contributed by atoms with E-state index in [0.29, 0.717) is 29.5 Å². The highest BCUT2D eigenvalue weighted by Gasteiger charge is 2.24. The minimum Gasteiger partial charge on any atom is -0.333 e. The van der Waals surface area contributed by atoms with E-state index in [1.54, 1.807) is 39.8 Å². The maximum absolute atomic E-state index is 12.9. The van der Waals surface area contributed by atoms with Gasteiger partial charge in [-0.25, -0.2) is 13.4 Å². The number of benzene rings is 2. The van der Waals surface area contributed by atoms with Crippen LogP contribution in [0.15, 0.2) is 46.5 Å². The van der Waals surface area contributed by atoms with Crippen LogP contribution in [0.1, 0.15) is 31.9 Å². The van der Waals surface area contributed by atoms with Gasteiger partial charge in [0.2, 0.25) is 15.9 Å². The van der Waals surface area contributed by atoms with Gasteiger partial charge in [-0.3, -0.25) is 4.79 Å². The first-order valence-corrected chi connectivity index (χ1v) is 12.5. The second-order valence-corrected chi connectivity index (χ2v) is 10.6. The Labute approximate surface area is 187 Å². The quantitative estimate of drug-likeness (QED) is 0.488. The summed E-state index contributed by atoms with van der Waals surface area (Å²) < 4.78 is 27.3. The maximum Gasteiger partial charge on any atom is 0.243 e. The molecular formula is C22H28N4O3S2. The van der Waals surface area contributed by atoms with Crippen molar-refractivity contribution in [3.63, 3.8) is 0 Å². The first-order chi connectivity index (χ1) is 14.6. The van der Waals surface area contributed by atoms with Crippen LogP contribution in [-0.4, -0.2) is 46.9 Å². The molecule has 0 radical (unpaired) electrons. The molecule has 1 atom stereocenters. The van der Waals surface area contributed by atoms with Gasteiger partial charge >= 0.3 is 0 Å². The lowest BCUT2D eigenvalue weighted by atomic mass is 10.2. The lowest BCUT2D eigenvalue weighted by Gasteiger charge is -2.20. The number of nitrogens with zero attached hydrogens (tertiary/aromatic N) is 2. The molecule has 1 heterocycles. The number of anilines is 1. The van der Waals surface area contributed by atoms with Gasteiger partial charge in [-0.05, 0) is 56.2 Å². The third kappa shape index (κ3) is 5.11. The molecule has 1 aromatic heterocycles. The number of thioether (sulfide) groups is 1. The van der Waals surface area contributed by atoms with Crippen LogP contribution in [0.2, 0.25) is 0 Å². The number of carbonyl (C=O) groups is 1. The Bertz CT molecular complexity index is 1200. The topological polar surface area (TPSA) is 95.2 Å². The SMILES string of the molecule is CCN(CC)S(=O)(=O)c1cc(NC(=O)[C@H](C)Sc2nc3ccc(C)cc3[nH]2)ccc1C. The number of H-pyrrole nitrogens is 1. The van der Waals surface area contributed by atoms with Crippen LogP contribution in [0.5, 0.6) is 0 Å². The summed E-state index contributed by atoms with van der Waals surface area (Å²) >= 11 is 1.32. The minimum atomic E-state index is -3.62. The molecule has 2 N–H and O–H groups in total. The smallest absolute Gasteiger partial charge is 0.243 e. The Morgan fingerprint density at radius 1 is 1.16 bits per heavy atom. The van der Waals surface area contributed by atoms with Crippen molar-refractivity contribution in [3.05, 3.63) is 47.5 Å². The molecule has 1 amide bonds. The highest BCUT2D eigenvalue weighted by atomic mass is 32.2. The Kier molecular flexibility index (Phi) is 7.08. The molecule has 2 aromatic carbocycles. The summed E-state index contributed by atoms with van der Waals surface area (Å²) in [6.45, 7) is 9.95. The molecule has 0 fully saturated rings. The molecular weight excluding hydrogens is 432 g/mol. The van der Waals surface area contributed by atoms with Crippen LogP contribution < -0.4 is 5.32 Å². The van der Waals surface area contributed by atoms with Gasteiger partial charge in [0.05, 0.1) is 21.2 Å². The summed E-state index contributed by atoms with van der Waals surface area (Å²) in [5.41, 5.74) is 4.01. The number of amides is 1. The number of hydrogen-bond acceptors (Lipinski definition) is 5. The lowest BCUT2D eigenvalue weighted by molar-refractivity contribution is -0.115. The van der Waals surface area contributed by atoms with Crippen molar-refractivity contribution in [2.45, 2.75) is 49.9 Å². The molecule has 3 aromatic rings. The first-order valence-electron chi connectivity index (χ1n) is 10.2. The zero-order chi connectivity index (χ0) is 22.8. The number of aryl methyl sites for hydroxylation is 2. The molecule has 3 rings (SSSR count). The molecule has 31 heavy (non-hydrogen) atoms. The Hall–Kier alpha value is -2.36. The van der Waals surface area contributed by atoms with Gasteiger partial charge in [0.1, 0.15) is 0 Å². The van der Waals surface area contributed by atoms with E-state index in [1.165, 1.54) is 22.1 Å². The van der Waals surface area contributed by atoms with E-state index in [1.807, 2.05) is 25.1 Å². The molecule has 0 spiro atoms. The summed E-state index contributed by atoms with van der Waals surface area (Å²) in [4.78, 5) is 20.7. The monoisotopic (exact) mass is 460 g/mol. The molecule has 0 unspecified atom stereocenters. The van der Waals surface area contributed by atoms with Crippen LogP contribution >= 0.6 is 11.8 Å². The van der Waals surface area contributed by atoms with Gasteiger partial charge < -0.3 is 10.3 Å². The summed E-state index contributed by atoms with van der Waals surface area (Å²) in [6, 6.07) is 10.9. The van der Waals surface area contributed by atoms with E-state index in [-0.39, 0.29) is 10.8 Å². The highest BCUT2D eigenvalue weighted by Crippen LogP contribution is 2.27. The third-order valence-corrected chi connectivity index (χ3v) is 8.23. The molecule has 0 saturated carbocycles. The molecule has 0 aliphatic rings. The molecule has 0 bridgehead atoms. The second kappa shape index (κ2) is 9.42. The van der Waals surface area contributed by atoms with E-state index in [0.717, 1.165) is 16.6 Å². The molecule has 7 nitrogen and oxygen atoms in total.